The third-order valence-electron chi connectivity index (χ3n) is 1.81. The van der Waals surface area contributed by atoms with Crippen molar-refractivity contribution in [2.45, 2.75) is 40.0 Å². The van der Waals surface area contributed by atoms with Gasteiger partial charge in [-0.1, -0.05) is 20.8 Å². The van der Waals surface area contributed by atoms with Crippen LogP contribution >= 0.6 is 0 Å². The van der Waals surface area contributed by atoms with Gasteiger partial charge in [0.25, 0.3) is 0 Å². The monoisotopic (exact) mass is 123 g/mol. The summed E-state index contributed by atoms with van der Waals surface area (Å²) in [6, 6.07) is 0. The van der Waals surface area contributed by atoms with Crippen LogP contribution in [0.1, 0.15) is 40.0 Å². The summed E-state index contributed by atoms with van der Waals surface area (Å²) in [4.78, 5) is 0. The van der Waals surface area contributed by atoms with Crippen LogP contribution in [0.3, 0.4) is 0 Å². The number of hydrogen-bond acceptors (Lipinski definition) is 0. The minimum atomic E-state index is 1.28. The molecule has 0 amide bonds. The summed E-state index contributed by atoms with van der Waals surface area (Å²) in [6.07, 6.45) is 3.83. The van der Waals surface area contributed by atoms with E-state index in [1.54, 1.807) is 17.8 Å². The number of rotatable bonds is 0. The van der Waals surface area contributed by atoms with Crippen LogP contribution in [0.25, 0.3) is 0 Å². The molecule has 1 fully saturated rings. The van der Waals surface area contributed by atoms with Crippen LogP contribution in [0, 0.1) is 17.8 Å². The van der Waals surface area contributed by atoms with Crippen molar-refractivity contribution in [3.63, 3.8) is 0 Å². The van der Waals surface area contributed by atoms with E-state index in [-0.39, 0.29) is 0 Å². The van der Waals surface area contributed by atoms with Gasteiger partial charge in [-0.25, -0.2) is 0 Å². The van der Waals surface area contributed by atoms with Crippen molar-refractivity contribution in [2.75, 3.05) is 0 Å². The lowest BCUT2D eigenvalue weighted by molar-refractivity contribution is 0.608. The minimum absolute atomic E-state index is 1.28. The molecule has 9 heavy (non-hydrogen) atoms. The van der Waals surface area contributed by atoms with Gasteiger partial charge in [0.2, 0.25) is 0 Å². The maximum absolute atomic E-state index is 2.26. The average Bonchev–Trinajstić information content (AvgIpc) is 1.59. The number of hydrogen-bond donors (Lipinski definition) is 0. The molecule has 0 N–H and O–H groups in total. The van der Waals surface area contributed by atoms with Gasteiger partial charge >= 0.3 is 0 Å². The van der Waals surface area contributed by atoms with Crippen LogP contribution in [0.15, 0.2) is 0 Å². The maximum Gasteiger partial charge on any atom is -0.0261 e. The normalized spacial score (nSPS) is 27.0. The van der Waals surface area contributed by atoms with Gasteiger partial charge in [0.15, 0.2) is 0 Å². The van der Waals surface area contributed by atoms with Gasteiger partial charge in [-0.2, -0.15) is 0 Å². The highest BCUT2D eigenvalue weighted by molar-refractivity contribution is 5.14. The molecular weight excluding hydrogens is 108 g/mol. The average molecular weight is 123 g/mol. The van der Waals surface area contributed by atoms with Crippen molar-refractivity contribution < 1.29 is 0 Å². The molecule has 0 atom stereocenters. The molecule has 0 aromatic rings. The van der Waals surface area contributed by atoms with Crippen LogP contribution in [-0.2, 0) is 0 Å². The third-order valence-corrected chi connectivity index (χ3v) is 1.81. The Morgan fingerprint density at radius 1 is 0.667 bits per heavy atom. The Bertz CT molecular complexity index is 61.0. The van der Waals surface area contributed by atoms with Crippen LogP contribution < -0.4 is 0 Å². The molecule has 0 aromatic heterocycles. The van der Waals surface area contributed by atoms with Gasteiger partial charge in [-0.3, -0.25) is 0 Å². The Morgan fingerprint density at radius 2 is 0.889 bits per heavy atom. The van der Waals surface area contributed by atoms with Crippen LogP contribution in [-0.4, -0.2) is 0 Å². The second-order valence-corrected chi connectivity index (χ2v) is 3.40. The van der Waals surface area contributed by atoms with E-state index in [9.17, 15) is 0 Å². The van der Waals surface area contributed by atoms with Crippen LogP contribution in [0.2, 0.25) is 0 Å². The van der Waals surface area contributed by atoms with E-state index in [0.717, 1.165) is 0 Å². The van der Waals surface area contributed by atoms with Gasteiger partial charge in [-0.05, 0) is 37.0 Å². The first-order chi connectivity index (χ1) is 4.18. The van der Waals surface area contributed by atoms with Gasteiger partial charge in [0, 0.05) is 0 Å². The molecule has 0 bridgehead atoms. The highest BCUT2D eigenvalue weighted by Gasteiger charge is 2.21. The summed E-state index contributed by atoms with van der Waals surface area (Å²) >= 11 is 0. The van der Waals surface area contributed by atoms with Gasteiger partial charge in [-0.15, -0.1) is 0 Å². The molecule has 0 aliphatic heterocycles. The third kappa shape index (κ3) is 2.00. The Morgan fingerprint density at radius 3 is 1.11 bits per heavy atom. The first-order valence-corrected chi connectivity index (χ1v) is 3.62. The Labute approximate surface area is 58.7 Å². The second kappa shape index (κ2) is 2.72. The molecule has 1 aliphatic rings. The van der Waals surface area contributed by atoms with Gasteiger partial charge in [0.05, 0.1) is 0 Å². The first-order valence-electron chi connectivity index (χ1n) is 3.62. The Balaban J connectivity index is 2.34. The van der Waals surface area contributed by atoms with E-state index in [0.29, 0.717) is 0 Å². The van der Waals surface area contributed by atoms with Crippen LogP contribution in [0.5, 0.6) is 0 Å². The van der Waals surface area contributed by atoms with Crippen molar-refractivity contribution in [1.29, 1.82) is 0 Å². The molecule has 51 valence electrons. The predicted octanol–water partition coefficient (Wildman–Crippen LogP) is 2.95. The fraction of sp³-hybridized carbons (Fsp3) is 0.667. The second-order valence-electron chi connectivity index (χ2n) is 3.40. The van der Waals surface area contributed by atoms with Crippen LogP contribution in [0.4, 0.5) is 0 Å². The van der Waals surface area contributed by atoms with E-state index in [1.807, 2.05) is 0 Å². The lowest BCUT2D eigenvalue weighted by Crippen LogP contribution is -2.12. The topological polar surface area (TPSA) is 0 Å². The van der Waals surface area contributed by atoms with E-state index < -0.39 is 0 Å². The molecule has 1 rings (SSSR count). The molecule has 1 saturated carbocycles. The Kier molecular flexibility index (Phi) is 2.15. The SMILES string of the molecule is C[C]1C[C](C)C[C](C)C1. The van der Waals surface area contributed by atoms with Gasteiger partial charge in [0.1, 0.15) is 0 Å². The molecule has 0 aromatic carbocycles. The Hall–Kier alpha value is 0. The molecule has 0 saturated heterocycles. The summed E-state index contributed by atoms with van der Waals surface area (Å²) in [5, 5.41) is 0. The van der Waals surface area contributed by atoms with Crippen molar-refractivity contribution in [3.05, 3.63) is 17.8 Å². The fourth-order valence-corrected chi connectivity index (χ4v) is 1.73. The standard InChI is InChI=1S/C9H15/c1-7-4-8(2)6-9(3)5-7/h4-6H2,1-3H3. The molecule has 0 unspecified atom stereocenters. The van der Waals surface area contributed by atoms with Gasteiger partial charge < -0.3 is 0 Å². The van der Waals surface area contributed by atoms with E-state index in [4.69, 9.17) is 0 Å². The van der Waals surface area contributed by atoms with E-state index in [1.165, 1.54) is 19.3 Å². The molecule has 3 radical (unpaired) electrons. The zero-order chi connectivity index (χ0) is 6.85. The van der Waals surface area contributed by atoms with E-state index >= 15 is 0 Å². The molecule has 0 heteroatoms. The molecule has 0 heterocycles. The highest BCUT2D eigenvalue weighted by Crippen LogP contribution is 2.35. The lowest BCUT2D eigenvalue weighted by atomic mass is 9.78. The summed E-state index contributed by atoms with van der Waals surface area (Å²) in [5.74, 6) is 4.91. The summed E-state index contributed by atoms with van der Waals surface area (Å²) < 4.78 is 0. The largest absolute Gasteiger partial charge is 0.0591 e. The lowest BCUT2D eigenvalue weighted by Gasteiger charge is -2.27. The fourth-order valence-electron chi connectivity index (χ4n) is 1.73. The minimum Gasteiger partial charge on any atom is -0.0591 e. The zero-order valence-electron chi connectivity index (χ0n) is 6.62. The van der Waals surface area contributed by atoms with Crippen molar-refractivity contribution >= 4 is 0 Å². The molecule has 1 aliphatic carbocycles. The maximum atomic E-state index is 2.26. The summed E-state index contributed by atoms with van der Waals surface area (Å²) in [6.45, 7) is 6.77. The quantitative estimate of drug-likeness (QED) is 0.464. The van der Waals surface area contributed by atoms with E-state index in [2.05, 4.69) is 20.8 Å². The summed E-state index contributed by atoms with van der Waals surface area (Å²) in [7, 11) is 0. The molecular formula is C9H15. The smallest absolute Gasteiger partial charge is 0.0261 e. The predicted molar refractivity (Wildman–Crippen MR) is 40.6 cm³/mol. The van der Waals surface area contributed by atoms with Crippen molar-refractivity contribution in [3.8, 4) is 0 Å². The first kappa shape index (κ1) is 7.11. The highest BCUT2D eigenvalue weighted by atomic mass is 14.3. The molecule has 0 nitrogen and oxygen atoms in total. The van der Waals surface area contributed by atoms with Crippen molar-refractivity contribution in [2.24, 2.45) is 0 Å². The zero-order valence-corrected chi connectivity index (χ0v) is 6.62. The van der Waals surface area contributed by atoms with Crippen molar-refractivity contribution in [1.82, 2.24) is 0 Å². The molecule has 0 spiro atoms. The summed E-state index contributed by atoms with van der Waals surface area (Å²) in [5.41, 5.74) is 0.